The van der Waals surface area contributed by atoms with Gasteiger partial charge in [0.2, 0.25) is 0 Å². The van der Waals surface area contributed by atoms with E-state index in [9.17, 15) is 0 Å². The normalized spacial score (nSPS) is 13.9. The number of anilines is 2. The second kappa shape index (κ2) is 5.83. The number of hydrogen-bond acceptors (Lipinski definition) is 6. The molecule has 0 unspecified atom stereocenters. The van der Waals surface area contributed by atoms with Crippen molar-refractivity contribution < 1.29 is 4.74 Å². The van der Waals surface area contributed by atoms with E-state index in [1.165, 1.54) is 5.57 Å². The first kappa shape index (κ1) is 12.8. The number of aliphatic imine (C=N–C) groups is 1. The van der Waals surface area contributed by atoms with Crippen molar-refractivity contribution in [1.82, 2.24) is 9.97 Å². The van der Waals surface area contributed by atoms with Crippen LogP contribution in [-0.2, 0) is 0 Å². The average molecular weight is 286 g/mol. The summed E-state index contributed by atoms with van der Waals surface area (Å²) in [6.45, 7) is 0.837. The number of allylic oxidation sites excluding steroid dienone is 1. The largest absolute Gasteiger partial charge is 0.497 e. The molecule has 0 saturated heterocycles. The molecule has 2 aromatic rings. The number of nitrogens with one attached hydrogen (secondary N) is 1. The SMILES string of the molecule is COc1ccnc(Nc2nc(C3=CC=NCC3)cs2)c1. The molecule has 0 saturated carbocycles. The maximum absolute atomic E-state index is 5.17. The number of hydrogen-bond donors (Lipinski definition) is 1. The molecule has 3 rings (SSSR count). The van der Waals surface area contributed by atoms with Gasteiger partial charge in [0.15, 0.2) is 5.13 Å². The molecule has 5 nitrogen and oxygen atoms in total. The van der Waals surface area contributed by atoms with Gasteiger partial charge in [-0.05, 0) is 24.1 Å². The van der Waals surface area contributed by atoms with Crippen LogP contribution >= 0.6 is 11.3 Å². The summed E-state index contributed by atoms with van der Waals surface area (Å²) >= 11 is 1.56. The third kappa shape index (κ3) is 2.85. The van der Waals surface area contributed by atoms with Gasteiger partial charge in [0.1, 0.15) is 11.6 Å². The highest BCUT2D eigenvalue weighted by Crippen LogP contribution is 2.27. The molecule has 102 valence electrons. The van der Waals surface area contributed by atoms with Gasteiger partial charge in [-0.15, -0.1) is 11.3 Å². The molecule has 20 heavy (non-hydrogen) atoms. The zero-order valence-electron chi connectivity index (χ0n) is 11.0. The van der Waals surface area contributed by atoms with Crippen molar-refractivity contribution >= 4 is 34.1 Å². The second-order valence-corrected chi connectivity index (χ2v) is 5.10. The predicted octanol–water partition coefficient (Wildman–Crippen LogP) is 3.15. The number of aromatic nitrogens is 2. The van der Waals surface area contributed by atoms with E-state index in [0.29, 0.717) is 0 Å². The molecular formula is C14H14N4OS. The van der Waals surface area contributed by atoms with Crippen LogP contribution in [0.5, 0.6) is 5.75 Å². The highest BCUT2D eigenvalue weighted by atomic mass is 32.1. The Morgan fingerprint density at radius 2 is 2.35 bits per heavy atom. The van der Waals surface area contributed by atoms with Crippen LogP contribution in [0.25, 0.3) is 5.57 Å². The Kier molecular flexibility index (Phi) is 3.73. The van der Waals surface area contributed by atoms with E-state index in [-0.39, 0.29) is 0 Å². The third-order valence-corrected chi connectivity index (χ3v) is 3.68. The van der Waals surface area contributed by atoms with Gasteiger partial charge < -0.3 is 10.1 Å². The van der Waals surface area contributed by atoms with Gasteiger partial charge in [-0.25, -0.2) is 9.97 Å². The second-order valence-electron chi connectivity index (χ2n) is 4.24. The maximum Gasteiger partial charge on any atom is 0.188 e. The Bertz CT molecular complexity index is 663. The predicted molar refractivity (Wildman–Crippen MR) is 82.1 cm³/mol. The summed E-state index contributed by atoms with van der Waals surface area (Å²) in [5.74, 6) is 1.50. The van der Waals surface area contributed by atoms with Gasteiger partial charge in [0, 0.05) is 30.4 Å². The summed E-state index contributed by atoms with van der Waals surface area (Å²) in [7, 11) is 1.64. The molecule has 0 bridgehead atoms. The van der Waals surface area contributed by atoms with Crippen molar-refractivity contribution in [2.24, 2.45) is 4.99 Å². The molecule has 0 atom stereocenters. The van der Waals surface area contributed by atoms with Crippen molar-refractivity contribution in [1.29, 1.82) is 0 Å². The smallest absolute Gasteiger partial charge is 0.188 e. The summed E-state index contributed by atoms with van der Waals surface area (Å²) in [4.78, 5) is 13.0. The van der Waals surface area contributed by atoms with Crippen LogP contribution in [0.3, 0.4) is 0 Å². The molecule has 0 radical (unpaired) electrons. The third-order valence-electron chi connectivity index (χ3n) is 2.93. The first-order valence-electron chi connectivity index (χ1n) is 6.27. The van der Waals surface area contributed by atoms with E-state index in [1.807, 2.05) is 29.8 Å². The first-order valence-corrected chi connectivity index (χ1v) is 7.15. The average Bonchev–Trinajstić information content (AvgIpc) is 2.97. The molecule has 2 aromatic heterocycles. The Morgan fingerprint density at radius 1 is 1.40 bits per heavy atom. The number of dihydropyridines is 1. The minimum Gasteiger partial charge on any atom is -0.497 e. The van der Waals surface area contributed by atoms with E-state index in [2.05, 4.69) is 20.3 Å². The van der Waals surface area contributed by atoms with E-state index < -0.39 is 0 Å². The molecule has 1 aliphatic rings. The minimum absolute atomic E-state index is 0.726. The van der Waals surface area contributed by atoms with Gasteiger partial charge in [-0.2, -0.15) is 0 Å². The van der Waals surface area contributed by atoms with Crippen molar-refractivity contribution in [2.75, 3.05) is 19.0 Å². The molecule has 0 spiro atoms. The Hall–Kier alpha value is -2.21. The number of methoxy groups -OCH3 is 1. The molecule has 6 heteroatoms. The standard InChI is InChI=1S/C14H14N4OS/c1-19-11-4-7-16-13(8-11)18-14-17-12(9-20-14)10-2-5-15-6-3-10/h2,4-5,7-9H,3,6H2,1H3,(H,16,17,18). The summed E-state index contributed by atoms with van der Waals surface area (Å²) in [6.07, 6.45) is 6.51. The van der Waals surface area contributed by atoms with E-state index in [4.69, 9.17) is 4.74 Å². The summed E-state index contributed by atoms with van der Waals surface area (Å²) in [5, 5.41) is 6.07. The van der Waals surface area contributed by atoms with Crippen molar-refractivity contribution in [2.45, 2.75) is 6.42 Å². The van der Waals surface area contributed by atoms with Gasteiger partial charge in [-0.3, -0.25) is 4.99 Å². The van der Waals surface area contributed by atoms with Crippen LogP contribution in [0, 0.1) is 0 Å². The van der Waals surface area contributed by atoms with Crippen molar-refractivity contribution in [3.63, 3.8) is 0 Å². The molecule has 3 heterocycles. The van der Waals surface area contributed by atoms with Crippen molar-refractivity contribution in [3.8, 4) is 5.75 Å². The molecule has 0 amide bonds. The van der Waals surface area contributed by atoms with Gasteiger partial charge in [0.05, 0.1) is 12.8 Å². The van der Waals surface area contributed by atoms with Crippen LogP contribution in [0.15, 0.2) is 34.8 Å². The molecule has 0 aromatic carbocycles. The molecule has 1 N–H and O–H groups in total. The fourth-order valence-corrected chi connectivity index (χ4v) is 2.64. The topological polar surface area (TPSA) is 59.4 Å². The quantitative estimate of drug-likeness (QED) is 0.938. The fourth-order valence-electron chi connectivity index (χ4n) is 1.89. The highest BCUT2D eigenvalue weighted by molar-refractivity contribution is 7.13. The number of thiazole rings is 1. The molecule has 0 fully saturated rings. The monoisotopic (exact) mass is 286 g/mol. The zero-order valence-corrected chi connectivity index (χ0v) is 11.9. The number of ether oxygens (including phenoxy) is 1. The lowest BCUT2D eigenvalue weighted by Gasteiger charge is -2.05. The first-order chi connectivity index (χ1) is 9.85. The number of nitrogens with zero attached hydrogens (tertiary/aromatic N) is 3. The van der Waals surface area contributed by atoms with Crippen LogP contribution in [0.1, 0.15) is 12.1 Å². The van der Waals surface area contributed by atoms with E-state index in [0.717, 1.165) is 35.4 Å². The summed E-state index contributed by atoms with van der Waals surface area (Å²) in [5.41, 5.74) is 2.23. The van der Waals surface area contributed by atoms with E-state index in [1.54, 1.807) is 24.6 Å². The number of pyridine rings is 1. The van der Waals surface area contributed by atoms with Crippen LogP contribution < -0.4 is 10.1 Å². The van der Waals surface area contributed by atoms with Crippen LogP contribution in [0.4, 0.5) is 10.9 Å². The Labute approximate surface area is 121 Å². The lowest BCUT2D eigenvalue weighted by Crippen LogP contribution is -1.96. The maximum atomic E-state index is 5.17. The van der Waals surface area contributed by atoms with Gasteiger partial charge in [-0.1, -0.05) is 0 Å². The fraction of sp³-hybridized carbons (Fsp3) is 0.214. The number of rotatable bonds is 4. The highest BCUT2D eigenvalue weighted by Gasteiger charge is 2.09. The van der Waals surface area contributed by atoms with Crippen LogP contribution in [0.2, 0.25) is 0 Å². The van der Waals surface area contributed by atoms with Crippen molar-refractivity contribution in [3.05, 3.63) is 35.5 Å². The Morgan fingerprint density at radius 3 is 3.15 bits per heavy atom. The lowest BCUT2D eigenvalue weighted by atomic mass is 10.1. The van der Waals surface area contributed by atoms with Crippen LogP contribution in [-0.4, -0.2) is 29.8 Å². The minimum atomic E-state index is 0.726. The molecule has 0 aliphatic carbocycles. The lowest BCUT2D eigenvalue weighted by molar-refractivity contribution is 0.414. The van der Waals surface area contributed by atoms with E-state index >= 15 is 0 Å². The molecular weight excluding hydrogens is 272 g/mol. The molecule has 1 aliphatic heterocycles. The van der Waals surface area contributed by atoms with Gasteiger partial charge in [0.25, 0.3) is 0 Å². The zero-order chi connectivity index (χ0) is 13.8. The van der Waals surface area contributed by atoms with Gasteiger partial charge >= 0.3 is 0 Å². The Balaban J connectivity index is 1.76. The summed E-state index contributed by atoms with van der Waals surface area (Å²) < 4.78 is 5.17. The summed E-state index contributed by atoms with van der Waals surface area (Å²) in [6, 6.07) is 3.65.